The minimum absolute atomic E-state index is 0.0205. The minimum atomic E-state index is -0.473. The van der Waals surface area contributed by atoms with Gasteiger partial charge >= 0.3 is 0 Å². The summed E-state index contributed by atoms with van der Waals surface area (Å²) in [7, 11) is 4.75. The van der Waals surface area contributed by atoms with E-state index in [-0.39, 0.29) is 6.54 Å². The molecule has 174 valence electrons. The van der Waals surface area contributed by atoms with Gasteiger partial charge in [0.05, 0.1) is 27.0 Å². The quantitative estimate of drug-likeness (QED) is 0.360. The van der Waals surface area contributed by atoms with E-state index in [0.29, 0.717) is 33.7 Å². The zero-order valence-electron chi connectivity index (χ0n) is 18.4. The average Bonchev–Trinajstić information content (AvgIpc) is 2.79. The van der Waals surface area contributed by atoms with Crippen LogP contribution in [0.25, 0.3) is 0 Å². The van der Waals surface area contributed by atoms with Crippen LogP contribution in [0.15, 0.2) is 59.5 Å². The van der Waals surface area contributed by atoms with Crippen LogP contribution in [-0.2, 0) is 11.2 Å². The number of benzene rings is 3. The number of carbonyl (C=O) groups excluding carboxylic acids is 1. The number of ether oxygens (including phenoxy) is 3. The summed E-state index contributed by atoms with van der Waals surface area (Å²) in [5, 5.41) is 1.14. The molecule has 2 N–H and O–H groups in total. The van der Waals surface area contributed by atoms with Crippen LogP contribution < -0.4 is 24.2 Å². The third kappa shape index (κ3) is 6.19. The van der Waals surface area contributed by atoms with E-state index >= 15 is 0 Å². The summed E-state index contributed by atoms with van der Waals surface area (Å²) < 4.78 is 18.0. The lowest BCUT2D eigenvalue weighted by molar-refractivity contribution is -0.116. The fourth-order valence-electron chi connectivity index (χ4n) is 3.34. The zero-order chi connectivity index (χ0) is 24.0. The van der Waals surface area contributed by atoms with Crippen molar-refractivity contribution in [2.75, 3.05) is 32.2 Å². The molecule has 0 aliphatic heterocycles. The molecule has 1 amide bonds. The maximum atomic E-state index is 11.9. The van der Waals surface area contributed by atoms with Crippen LogP contribution in [-0.4, -0.2) is 33.8 Å². The van der Waals surface area contributed by atoms with Gasteiger partial charge in [-0.3, -0.25) is 4.79 Å². The molecule has 33 heavy (non-hydrogen) atoms. The van der Waals surface area contributed by atoms with Gasteiger partial charge in [0, 0.05) is 26.9 Å². The number of anilines is 1. The van der Waals surface area contributed by atoms with Crippen LogP contribution in [0.4, 0.5) is 5.69 Å². The maximum absolute atomic E-state index is 11.9. The monoisotopic (exact) mass is 506 g/mol. The van der Waals surface area contributed by atoms with Gasteiger partial charge in [0.15, 0.2) is 11.5 Å². The van der Waals surface area contributed by atoms with Crippen molar-refractivity contribution in [3.63, 3.8) is 0 Å². The highest BCUT2D eigenvalue weighted by molar-refractivity contribution is 8.00. The predicted molar refractivity (Wildman–Crippen MR) is 134 cm³/mol. The van der Waals surface area contributed by atoms with E-state index in [1.165, 1.54) is 11.9 Å². The molecule has 0 radical (unpaired) electrons. The highest BCUT2D eigenvalue weighted by Crippen LogP contribution is 2.39. The van der Waals surface area contributed by atoms with Crippen molar-refractivity contribution in [2.45, 2.75) is 11.3 Å². The first kappa shape index (κ1) is 24.9. The molecular weight excluding hydrogens is 483 g/mol. The Bertz CT molecular complexity index is 1140. The topological polar surface area (TPSA) is 74.0 Å². The van der Waals surface area contributed by atoms with Crippen molar-refractivity contribution in [1.29, 1.82) is 0 Å². The van der Waals surface area contributed by atoms with Crippen molar-refractivity contribution in [3.8, 4) is 17.2 Å². The lowest BCUT2D eigenvalue weighted by atomic mass is 10.0. The number of primary amides is 1. The van der Waals surface area contributed by atoms with Gasteiger partial charge in [-0.1, -0.05) is 29.3 Å². The highest BCUT2D eigenvalue weighted by Gasteiger charge is 2.19. The van der Waals surface area contributed by atoms with E-state index < -0.39 is 5.91 Å². The molecule has 0 heterocycles. The third-order valence-corrected chi connectivity index (χ3v) is 6.44. The fourth-order valence-corrected chi connectivity index (χ4v) is 4.78. The van der Waals surface area contributed by atoms with E-state index in [4.69, 9.17) is 43.1 Å². The first-order chi connectivity index (χ1) is 15.9. The molecule has 0 saturated heterocycles. The molecule has 0 aliphatic carbocycles. The van der Waals surface area contributed by atoms with E-state index in [9.17, 15) is 4.79 Å². The summed E-state index contributed by atoms with van der Waals surface area (Å²) in [6, 6.07) is 16.5. The van der Waals surface area contributed by atoms with Gasteiger partial charge in [0.25, 0.3) is 0 Å². The number of halogens is 2. The van der Waals surface area contributed by atoms with Crippen LogP contribution in [0.1, 0.15) is 11.1 Å². The van der Waals surface area contributed by atoms with Gasteiger partial charge in [-0.05, 0) is 66.0 Å². The number of nitrogens with two attached hydrogens (primary N) is 1. The molecule has 0 unspecified atom stereocenters. The van der Waals surface area contributed by atoms with E-state index in [2.05, 4.69) is 0 Å². The molecular formula is C24H24Cl2N2O4S. The summed E-state index contributed by atoms with van der Waals surface area (Å²) in [6.07, 6.45) is 0.445. The van der Waals surface area contributed by atoms with Crippen LogP contribution in [0, 0.1) is 0 Å². The summed E-state index contributed by atoms with van der Waals surface area (Å²) in [4.78, 5) is 12.8. The summed E-state index contributed by atoms with van der Waals surface area (Å²) >= 11 is 14.2. The lowest BCUT2D eigenvalue weighted by Gasteiger charge is -2.25. The molecule has 6 nitrogen and oxygen atoms in total. The third-order valence-electron chi connectivity index (χ3n) is 4.84. The van der Waals surface area contributed by atoms with Crippen molar-refractivity contribution in [3.05, 3.63) is 75.8 Å². The van der Waals surface area contributed by atoms with Crippen LogP contribution in [0.3, 0.4) is 0 Å². The Labute approximate surface area is 207 Å². The Morgan fingerprint density at radius 1 is 0.939 bits per heavy atom. The van der Waals surface area contributed by atoms with Gasteiger partial charge in [0.1, 0.15) is 12.3 Å². The molecule has 3 rings (SSSR count). The zero-order valence-corrected chi connectivity index (χ0v) is 20.8. The van der Waals surface area contributed by atoms with E-state index in [0.717, 1.165) is 21.7 Å². The van der Waals surface area contributed by atoms with Crippen LogP contribution in [0.2, 0.25) is 10.0 Å². The number of nitrogens with zero attached hydrogens (tertiary/aromatic N) is 1. The Morgan fingerprint density at radius 2 is 1.67 bits per heavy atom. The van der Waals surface area contributed by atoms with Crippen molar-refractivity contribution in [1.82, 2.24) is 0 Å². The summed E-state index contributed by atoms with van der Waals surface area (Å²) in [5.74, 6) is 1.39. The van der Waals surface area contributed by atoms with Gasteiger partial charge in [-0.25, -0.2) is 0 Å². The number of amides is 1. The van der Waals surface area contributed by atoms with Crippen molar-refractivity contribution >= 4 is 46.7 Å². The van der Waals surface area contributed by atoms with Gasteiger partial charge in [-0.15, -0.1) is 0 Å². The Balaban J connectivity index is 2.03. The number of rotatable bonds is 10. The van der Waals surface area contributed by atoms with Crippen molar-refractivity contribution in [2.24, 2.45) is 5.73 Å². The second-order valence-electron chi connectivity index (χ2n) is 6.98. The number of hydrogen-bond donors (Lipinski definition) is 1. The molecule has 3 aromatic carbocycles. The van der Waals surface area contributed by atoms with Crippen LogP contribution in [0.5, 0.6) is 17.2 Å². The molecule has 0 atom stereocenters. The fraction of sp³-hybridized carbons (Fsp3) is 0.208. The highest BCUT2D eigenvalue weighted by atomic mass is 35.5. The second-order valence-corrected chi connectivity index (χ2v) is 8.92. The molecule has 0 aromatic heterocycles. The molecule has 0 bridgehead atoms. The molecule has 9 heteroatoms. The average molecular weight is 507 g/mol. The molecule has 0 saturated carbocycles. The largest absolute Gasteiger partial charge is 0.496 e. The summed E-state index contributed by atoms with van der Waals surface area (Å²) in [5.41, 5.74) is 8.04. The molecule has 3 aromatic rings. The van der Waals surface area contributed by atoms with Gasteiger partial charge < -0.3 is 24.2 Å². The van der Waals surface area contributed by atoms with Crippen molar-refractivity contribution < 1.29 is 19.0 Å². The van der Waals surface area contributed by atoms with Gasteiger partial charge in [0.2, 0.25) is 5.91 Å². The smallest absolute Gasteiger partial charge is 0.238 e. The van der Waals surface area contributed by atoms with E-state index in [1.807, 2.05) is 46.8 Å². The minimum Gasteiger partial charge on any atom is -0.496 e. The van der Waals surface area contributed by atoms with Crippen LogP contribution >= 0.6 is 35.1 Å². The van der Waals surface area contributed by atoms with Gasteiger partial charge in [-0.2, -0.15) is 0 Å². The predicted octanol–water partition coefficient (Wildman–Crippen LogP) is 5.61. The summed E-state index contributed by atoms with van der Waals surface area (Å²) in [6.45, 7) is -0.0205. The molecule has 0 aliphatic rings. The Hall–Kier alpha value is -2.74. The number of carbonyl (C=O) groups is 1. The SMILES string of the molecule is COc1ccc(SN(CC(N)=O)c2ccc(Cl)cc2Cc2c(Cl)cccc2OC)cc1OC. The lowest BCUT2D eigenvalue weighted by Crippen LogP contribution is -2.29. The second kappa shape index (κ2) is 11.4. The number of hydrogen-bond acceptors (Lipinski definition) is 6. The Morgan fingerprint density at radius 3 is 2.33 bits per heavy atom. The normalized spacial score (nSPS) is 10.6. The Kier molecular flexibility index (Phi) is 8.61. The molecule has 0 spiro atoms. The maximum Gasteiger partial charge on any atom is 0.238 e. The molecule has 0 fully saturated rings. The van der Waals surface area contributed by atoms with E-state index in [1.54, 1.807) is 33.5 Å². The standard InChI is InChI=1S/C24H24Cl2N2O4S/c1-30-21-6-4-5-19(26)18(21)12-15-11-16(25)7-9-20(15)28(14-24(27)29)33-17-8-10-22(31-2)23(13-17)32-3/h4-11,13H,12,14H2,1-3H3,(H2,27,29). The first-order valence-corrected chi connectivity index (χ1v) is 11.4. The number of methoxy groups -OCH3 is 3. The first-order valence-electron chi connectivity index (χ1n) is 9.92.